The number of ether oxygens (including phenoxy) is 1. The van der Waals surface area contributed by atoms with Crippen LogP contribution in [0.4, 0.5) is 0 Å². The zero-order valence-electron chi connectivity index (χ0n) is 12.7. The average molecular weight is 292 g/mol. The topological polar surface area (TPSA) is 65.2 Å². The summed E-state index contributed by atoms with van der Waals surface area (Å²) in [6.45, 7) is 0. The Hall–Kier alpha value is -1.39. The number of nitrogens with zero attached hydrogens (tertiary/aromatic N) is 2. The summed E-state index contributed by atoms with van der Waals surface area (Å²) in [5, 5.41) is 4.15. The fraction of sp³-hybridized carbons (Fsp3) is 0.812. The van der Waals surface area contributed by atoms with E-state index in [1.54, 1.807) is 0 Å². The lowest BCUT2D eigenvalue weighted by molar-refractivity contribution is -0.144. The van der Waals surface area contributed by atoms with Crippen molar-refractivity contribution in [3.05, 3.63) is 11.7 Å². The van der Waals surface area contributed by atoms with Gasteiger partial charge in [-0.1, -0.05) is 37.3 Å². The molecule has 0 aromatic carbocycles. The van der Waals surface area contributed by atoms with E-state index in [2.05, 4.69) is 10.1 Å². The predicted octanol–water partition coefficient (Wildman–Crippen LogP) is 3.56. The molecule has 0 aliphatic heterocycles. The van der Waals surface area contributed by atoms with Crippen molar-refractivity contribution in [3.8, 4) is 0 Å². The third-order valence-electron chi connectivity index (χ3n) is 5.02. The highest BCUT2D eigenvalue weighted by atomic mass is 16.5. The number of hydrogen-bond acceptors (Lipinski definition) is 5. The maximum absolute atomic E-state index is 12.1. The lowest BCUT2D eigenvalue weighted by Crippen LogP contribution is -2.22. The molecule has 0 amide bonds. The number of esters is 1. The molecule has 21 heavy (non-hydrogen) atoms. The number of carbonyl (C=O) groups excluding carboxylic acids is 1. The van der Waals surface area contributed by atoms with Gasteiger partial charge in [-0.05, 0) is 31.6 Å². The van der Waals surface area contributed by atoms with E-state index in [0.29, 0.717) is 11.8 Å². The molecular weight excluding hydrogens is 268 g/mol. The van der Waals surface area contributed by atoms with E-state index in [1.807, 2.05) is 0 Å². The summed E-state index contributed by atoms with van der Waals surface area (Å²) < 4.78 is 10.4. The number of hydrogen-bond donors (Lipinski definition) is 0. The summed E-state index contributed by atoms with van der Waals surface area (Å²) in [6.07, 6.45) is 10.4. The van der Waals surface area contributed by atoms with Gasteiger partial charge in [-0.25, -0.2) is 0 Å². The van der Waals surface area contributed by atoms with Crippen LogP contribution in [0.5, 0.6) is 0 Å². The maximum Gasteiger partial charge on any atom is 0.318 e. The normalized spacial score (nSPS) is 22.3. The Labute approximate surface area is 125 Å². The van der Waals surface area contributed by atoms with E-state index < -0.39 is 0 Å². The second-order valence-electron chi connectivity index (χ2n) is 6.37. The van der Waals surface area contributed by atoms with Crippen LogP contribution >= 0.6 is 0 Å². The lowest BCUT2D eigenvalue weighted by Gasteiger charge is -2.18. The van der Waals surface area contributed by atoms with Crippen LogP contribution < -0.4 is 0 Å². The van der Waals surface area contributed by atoms with Gasteiger partial charge in [-0.2, -0.15) is 4.98 Å². The van der Waals surface area contributed by atoms with Crippen molar-refractivity contribution < 1.29 is 14.1 Å². The molecule has 116 valence electrons. The van der Waals surface area contributed by atoms with Crippen molar-refractivity contribution in [2.24, 2.45) is 5.92 Å². The molecule has 1 heterocycles. The quantitative estimate of drug-likeness (QED) is 0.794. The summed E-state index contributed by atoms with van der Waals surface area (Å²) in [4.78, 5) is 16.7. The molecule has 2 aliphatic rings. The van der Waals surface area contributed by atoms with Gasteiger partial charge < -0.3 is 9.26 Å². The molecule has 1 atom stereocenters. The monoisotopic (exact) mass is 292 g/mol. The number of aromatic nitrogens is 2. The van der Waals surface area contributed by atoms with Crippen LogP contribution in [0, 0.1) is 5.92 Å². The molecule has 2 aliphatic carbocycles. The van der Waals surface area contributed by atoms with Crippen LogP contribution in [0.15, 0.2) is 4.52 Å². The van der Waals surface area contributed by atoms with Crippen molar-refractivity contribution in [3.63, 3.8) is 0 Å². The average Bonchev–Trinajstić information content (AvgIpc) is 3.20. The molecule has 0 bridgehead atoms. The van der Waals surface area contributed by atoms with Crippen molar-refractivity contribution in [1.29, 1.82) is 0 Å². The Bertz CT molecular complexity index is 474. The highest BCUT2D eigenvalue weighted by Gasteiger charge is 2.37. The molecule has 0 saturated heterocycles. The summed E-state index contributed by atoms with van der Waals surface area (Å²) in [5.41, 5.74) is 0. The van der Waals surface area contributed by atoms with Gasteiger partial charge in [0, 0.05) is 5.92 Å². The molecule has 1 aromatic heterocycles. The van der Waals surface area contributed by atoms with E-state index in [1.165, 1.54) is 39.2 Å². The van der Waals surface area contributed by atoms with Gasteiger partial charge in [0.05, 0.1) is 7.11 Å². The maximum atomic E-state index is 12.1. The Morgan fingerprint density at radius 3 is 2.48 bits per heavy atom. The predicted molar refractivity (Wildman–Crippen MR) is 76.8 cm³/mol. The van der Waals surface area contributed by atoms with Crippen LogP contribution in [-0.4, -0.2) is 23.2 Å². The first-order valence-corrected chi connectivity index (χ1v) is 8.21. The van der Waals surface area contributed by atoms with E-state index in [9.17, 15) is 4.79 Å². The van der Waals surface area contributed by atoms with Gasteiger partial charge in [0.25, 0.3) is 0 Å². The van der Waals surface area contributed by atoms with Crippen LogP contribution in [0.3, 0.4) is 0 Å². The van der Waals surface area contributed by atoms with Gasteiger partial charge in [-0.15, -0.1) is 0 Å². The van der Waals surface area contributed by atoms with Crippen LogP contribution in [0.1, 0.15) is 81.3 Å². The molecule has 2 fully saturated rings. The Morgan fingerprint density at radius 1 is 1.14 bits per heavy atom. The standard InChI is InChI=1S/C16H24N2O3/c1-20-16(19)13(11-7-5-6-8-11)15-17-14(18-21-15)12-9-3-2-4-10-12/h11-13H,2-10H2,1H3. The number of carbonyl (C=O) groups is 1. The number of rotatable bonds is 4. The van der Waals surface area contributed by atoms with Gasteiger partial charge in [0.1, 0.15) is 5.92 Å². The third-order valence-corrected chi connectivity index (χ3v) is 5.02. The highest BCUT2D eigenvalue weighted by Crippen LogP contribution is 2.38. The van der Waals surface area contributed by atoms with Crippen molar-refractivity contribution in [2.45, 2.75) is 69.6 Å². The third kappa shape index (κ3) is 3.11. The fourth-order valence-electron chi connectivity index (χ4n) is 3.81. The minimum atomic E-state index is -0.373. The summed E-state index contributed by atoms with van der Waals surface area (Å²) >= 11 is 0. The van der Waals surface area contributed by atoms with E-state index in [-0.39, 0.29) is 17.8 Å². The molecule has 3 rings (SSSR count). The molecule has 2 saturated carbocycles. The zero-order chi connectivity index (χ0) is 14.7. The van der Waals surface area contributed by atoms with Crippen molar-refractivity contribution in [1.82, 2.24) is 10.1 Å². The van der Waals surface area contributed by atoms with E-state index in [0.717, 1.165) is 31.5 Å². The van der Waals surface area contributed by atoms with Crippen LogP contribution in [0.2, 0.25) is 0 Å². The second-order valence-corrected chi connectivity index (χ2v) is 6.37. The lowest BCUT2D eigenvalue weighted by atomic mass is 9.88. The molecule has 1 unspecified atom stereocenters. The smallest absolute Gasteiger partial charge is 0.318 e. The van der Waals surface area contributed by atoms with Gasteiger partial charge in [-0.3, -0.25) is 4.79 Å². The molecule has 0 spiro atoms. The van der Waals surface area contributed by atoms with Gasteiger partial charge in [0.2, 0.25) is 5.89 Å². The minimum Gasteiger partial charge on any atom is -0.468 e. The first kappa shape index (κ1) is 14.5. The van der Waals surface area contributed by atoms with E-state index >= 15 is 0 Å². The minimum absolute atomic E-state index is 0.235. The van der Waals surface area contributed by atoms with E-state index in [4.69, 9.17) is 9.26 Å². The van der Waals surface area contributed by atoms with Crippen molar-refractivity contribution >= 4 is 5.97 Å². The Morgan fingerprint density at radius 2 is 1.81 bits per heavy atom. The SMILES string of the molecule is COC(=O)C(c1nc(C2CCCCC2)no1)C1CCCC1. The highest BCUT2D eigenvalue weighted by molar-refractivity contribution is 5.77. The molecule has 0 radical (unpaired) electrons. The van der Waals surface area contributed by atoms with Gasteiger partial charge >= 0.3 is 5.97 Å². The zero-order valence-corrected chi connectivity index (χ0v) is 12.7. The second kappa shape index (κ2) is 6.58. The Kier molecular flexibility index (Phi) is 4.56. The first-order valence-electron chi connectivity index (χ1n) is 8.21. The molecule has 5 heteroatoms. The van der Waals surface area contributed by atoms with Crippen LogP contribution in [0.25, 0.3) is 0 Å². The summed E-state index contributed by atoms with van der Waals surface area (Å²) in [5.74, 6) is 1.34. The molecule has 0 N–H and O–H groups in total. The number of methoxy groups -OCH3 is 1. The first-order chi connectivity index (χ1) is 10.3. The summed E-state index contributed by atoms with van der Waals surface area (Å²) in [6, 6.07) is 0. The molecular formula is C16H24N2O3. The van der Waals surface area contributed by atoms with Gasteiger partial charge in [0.15, 0.2) is 5.82 Å². The molecule has 5 nitrogen and oxygen atoms in total. The van der Waals surface area contributed by atoms with Crippen molar-refractivity contribution in [2.75, 3.05) is 7.11 Å². The van der Waals surface area contributed by atoms with Crippen LogP contribution in [-0.2, 0) is 9.53 Å². The molecule has 1 aromatic rings. The Balaban J connectivity index is 1.78. The summed E-state index contributed by atoms with van der Waals surface area (Å²) in [7, 11) is 1.43. The fourth-order valence-corrected chi connectivity index (χ4v) is 3.81. The largest absolute Gasteiger partial charge is 0.468 e.